The molecular weight excluding hydrogens is 636 g/mol. The van der Waals surface area contributed by atoms with E-state index < -0.39 is 17.9 Å². The number of rotatable bonds is 9. The van der Waals surface area contributed by atoms with Crippen LogP contribution in [0.4, 0.5) is 0 Å². The van der Waals surface area contributed by atoms with Gasteiger partial charge in [-0.25, -0.2) is 0 Å². The highest BCUT2D eigenvalue weighted by Crippen LogP contribution is 2.35. The zero-order valence-corrected chi connectivity index (χ0v) is 27.0. The molecule has 0 unspecified atom stereocenters. The van der Waals surface area contributed by atoms with Crippen molar-refractivity contribution in [3.8, 4) is 66.8 Å². The summed E-state index contributed by atoms with van der Waals surface area (Å²) in [6, 6.07) is 50.6. The summed E-state index contributed by atoms with van der Waals surface area (Å²) < 4.78 is 0. The van der Waals surface area contributed by atoms with Gasteiger partial charge in [0.05, 0.1) is 17.9 Å². The molecule has 0 aliphatic heterocycles. The molecule has 6 nitrogen and oxygen atoms in total. The normalized spacial score (nSPS) is 10.8. The highest BCUT2D eigenvalue weighted by Gasteiger charge is 2.10. The second-order valence-corrected chi connectivity index (χ2v) is 12.1. The maximum absolute atomic E-state index is 11.2. The van der Waals surface area contributed by atoms with Crippen LogP contribution in [-0.2, 0) is 0 Å². The fourth-order valence-electron chi connectivity index (χ4n) is 6.09. The van der Waals surface area contributed by atoms with Crippen molar-refractivity contribution in [2.45, 2.75) is 0 Å². The predicted molar refractivity (Wildman–Crippen MR) is 192 cm³/mol. The van der Waals surface area contributed by atoms with Crippen molar-refractivity contribution in [1.82, 2.24) is 0 Å². The van der Waals surface area contributed by atoms with E-state index in [1.807, 2.05) is 72.8 Å². The Kier molecular flexibility index (Phi) is 8.81. The lowest BCUT2D eigenvalue weighted by Gasteiger charge is -2.13. The zero-order valence-electron chi connectivity index (χ0n) is 27.0. The summed E-state index contributed by atoms with van der Waals surface area (Å²) in [4.78, 5) is 33.6. The number of carboxylic acid groups (broad SMARTS) is 3. The van der Waals surface area contributed by atoms with Crippen LogP contribution in [0.2, 0.25) is 0 Å². The SMILES string of the molecule is O=C([O-])c1ccc(-c2ccc(-c3cc(-c4ccc(-c5ccc(C(=O)[O-])cc5)cc4)cc(-c4ccc(-c5ccc(C(=O)[O-])cc5)cc4)c3)cc2)cc1. The molecule has 0 spiro atoms. The first kappa shape index (κ1) is 32.5. The van der Waals surface area contributed by atoms with E-state index in [0.29, 0.717) is 0 Å². The Labute approximate surface area is 294 Å². The summed E-state index contributed by atoms with van der Waals surface area (Å²) in [7, 11) is 0. The van der Waals surface area contributed by atoms with Crippen molar-refractivity contribution in [2.75, 3.05) is 0 Å². The van der Waals surface area contributed by atoms with Crippen molar-refractivity contribution in [3.63, 3.8) is 0 Å². The molecule has 7 rings (SSSR count). The molecule has 0 atom stereocenters. The smallest absolute Gasteiger partial charge is 0.0715 e. The molecule has 0 bridgehead atoms. The first-order valence-corrected chi connectivity index (χ1v) is 16.1. The second-order valence-electron chi connectivity index (χ2n) is 12.1. The van der Waals surface area contributed by atoms with Gasteiger partial charge >= 0.3 is 0 Å². The van der Waals surface area contributed by atoms with Gasteiger partial charge in [0.15, 0.2) is 0 Å². The van der Waals surface area contributed by atoms with E-state index in [-0.39, 0.29) is 16.7 Å². The third-order valence-corrected chi connectivity index (χ3v) is 8.95. The van der Waals surface area contributed by atoms with Gasteiger partial charge in [-0.15, -0.1) is 0 Å². The molecule has 246 valence electrons. The first-order valence-electron chi connectivity index (χ1n) is 16.1. The molecule has 0 radical (unpaired) electrons. The lowest BCUT2D eigenvalue weighted by Crippen LogP contribution is -2.21. The van der Waals surface area contributed by atoms with E-state index in [9.17, 15) is 29.7 Å². The predicted octanol–water partition coefficient (Wildman–Crippen LogP) is 6.78. The minimum Gasteiger partial charge on any atom is -0.545 e. The lowest BCUT2D eigenvalue weighted by molar-refractivity contribution is -0.256. The van der Waals surface area contributed by atoms with E-state index in [1.54, 1.807) is 36.4 Å². The number of benzene rings is 7. The number of carbonyl (C=O) groups excluding carboxylic acids is 3. The molecule has 0 saturated heterocycles. The molecule has 0 amide bonds. The Morgan fingerprint density at radius 3 is 0.529 bits per heavy atom. The quantitative estimate of drug-likeness (QED) is 0.168. The van der Waals surface area contributed by atoms with E-state index in [2.05, 4.69) is 18.2 Å². The van der Waals surface area contributed by atoms with Gasteiger partial charge in [0.25, 0.3) is 0 Å². The molecule has 51 heavy (non-hydrogen) atoms. The summed E-state index contributed by atoms with van der Waals surface area (Å²) in [5.41, 5.74) is 11.9. The summed E-state index contributed by atoms with van der Waals surface area (Å²) in [6.07, 6.45) is 0. The summed E-state index contributed by atoms with van der Waals surface area (Å²) in [5, 5.41) is 33.6. The zero-order chi connectivity index (χ0) is 35.5. The van der Waals surface area contributed by atoms with Crippen LogP contribution in [0.5, 0.6) is 0 Å². The van der Waals surface area contributed by atoms with E-state index in [0.717, 1.165) is 66.8 Å². The number of carboxylic acids is 3. The van der Waals surface area contributed by atoms with E-state index >= 15 is 0 Å². The minimum absolute atomic E-state index is 0.128. The molecule has 0 N–H and O–H groups in total. The third kappa shape index (κ3) is 7.07. The van der Waals surface area contributed by atoms with E-state index in [4.69, 9.17) is 0 Å². The monoisotopic (exact) mass is 663 g/mol. The van der Waals surface area contributed by atoms with Crippen LogP contribution in [0.15, 0.2) is 164 Å². The summed E-state index contributed by atoms with van der Waals surface area (Å²) in [6.45, 7) is 0. The standard InChI is InChI=1S/C45H30O6/c46-43(47)37-19-13-31(14-20-37)28-1-7-34(8-2-28)40-25-41(35-9-3-29(4-10-35)32-15-21-38(22-16-32)44(48)49)27-42(26-40)36-11-5-30(6-12-36)33-17-23-39(24-18-33)45(50)51/h1-27H,(H,46,47)(H,48,49)(H,50,51)/p-3. The largest absolute Gasteiger partial charge is 0.545 e. The van der Waals surface area contributed by atoms with Gasteiger partial charge in [0, 0.05) is 0 Å². The summed E-state index contributed by atoms with van der Waals surface area (Å²) >= 11 is 0. The second kappa shape index (κ2) is 13.8. The van der Waals surface area contributed by atoms with Crippen LogP contribution >= 0.6 is 0 Å². The molecule has 0 aliphatic rings. The van der Waals surface area contributed by atoms with Crippen molar-refractivity contribution in [2.24, 2.45) is 0 Å². The molecule has 0 saturated carbocycles. The maximum atomic E-state index is 11.2. The van der Waals surface area contributed by atoms with Gasteiger partial charge in [0.1, 0.15) is 0 Å². The fraction of sp³-hybridized carbons (Fsp3) is 0. The fourth-order valence-corrected chi connectivity index (χ4v) is 6.09. The van der Waals surface area contributed by atoms with Crippen LogP contribution in [0.3, 0.4) is 0 Å². The highest BCUT2D eigenvalue weighted by atomic mass is 16.4. The Balaban J connectivity index is 1.24. The van der Waals surface area contributed by atoms with Gasteiger partial charge < -0.3 is 29.7 Å². The maximum Gasteiger partial charge on any atom is 0.0715 e. The third-order valence-electron chi connectivity index (χ3n) is 8.95. The molecular formula is C45H27O6-3. The van der Waals surface area contributed by atoms with Crippen molar-refractivity contribution < 1.29 is 29.7 Å². The average Bonchev–Trinajstić information content (AvgIpc) is 3.18. The van der Waals surface area contributed by atoms with Crippen LogP contribution in [0.25, 0.3) is 66.8 Å². The number of carbonyl (C=O) groups is 3. The first-order chi connectivity index (χ1) is 24.7. The van der Waals surface area contributed by atoms with Gasteiger partial charge in [-0.05, 0) is 102 Å². The minimum atomic E-state index is -1.21. The van der Waals surface area contributed by atoms with Gasteiger partial charge in [0.2, 0.25) is 0 Å². The Bertz CT molecular complexity index is 2090. The number of aromatic carboxylic acids is 3. The molecule has 6 heteroatoms. The topological polar surface area (TPSA) is 120 Å². The molecule has 0 heterocycles. The number of hydrogen-bond donors (Lipinski definition) is 0. The highest BCUT2D eigenvalue weighted by molar-refractivity contribution is 5.89. The molecule has 0 aliphatic carbocycles. The van der Waals surface area contributed by atoms with Crippen LogP contribution < -0.4 is 15.3 Å². The Morgan fingerprint density at radius 1 is 0.235 bits per heavy atom. The molecule has 0 aromatic heterocycles. The van der Waals surface area contributed by atoms with Crippen molar-refractivity contribution >= 4 is 17.9 Å². The molecule has 0 fully saturated rings. The van der Waals surface area contributed by atoms with E-state index in [1.165, 1.54) is 36.4 Å². The van der Waals surface area contributed by atoms with Crippen LogP contribution in [0, 0.1) is 0 Å². The number of hydrogen-bond acceptors (Lipinski definition) is 6. The Morgan fingerprint density at radius 2 is 0.373 bits per heavy atom. The molecule has 7 aromatic carbocycles. The van der Waals surface area contributed by atoms with Gasteiger partial charge in [-0.2, -0.15) is 0 Å². The Hall–Kier alpha value is -7.05. The van der Waals surface area contributed by atoms with Crippen LogP contribution in [0.1, 0.15) is 31.1 Å². The lowest BCUT2D eigenvalue weighted by atomic mass is 9.91. The average molecular weight is 664 g/mol. The van der Waals surface area contributed by atoms with Crippen molar-refractivity contribution in [3.05, 3.63) is 180 Å². The molecule has 7 aromatic rings. The van der Waals surface area contributed by atoms with Crippen LogP contribution in [-0.4, -0.2) is 17.9 Å². The van der Waals surface area contributed by atoms with Gasteiger partial charge in [-0.1, -0.05) is 146 Å². The summed E-state index contributed by atoms with van der Waals surface area (Å²) in [5.74, 6) is -3.64. The van der Waals surface area contributed by atoms with Gasteiger partial charge in [-0.3, -0.25) is 0 Å². The van der Waals surface area contributed by atoms with Crippen molar-refractivity contribution in [1.29, 1.82) is 0 Å².